The van der Waals surface area contributed by atoms with Gasteiger partial charge in [0.2, 0.25) is 5.96 Å². The number of aliphatic imine (C=N–C) groups is 1. The van der Waals surface area contributed by atoms with Crippen LogP contribution in [0, 0.1) is 6.92 Å². The van der Waals surface area contributed by atoms with Crippen LogP contribution < -0.4 is 15.4 Å². The van der Waals surface area contributed by atoms with Crippen molar-refractivity contribution >= 4 is 34.7 Å². The summed E-state index contributed by atoms with van der Waals surface area (Å²) in [5, 5.41) is 14.6. The monoisotopic (exact) mass is 341 g/mol. The van der Waals surface area contributed by atoms with Gasteiger partial charge in [-0.2, -0.15) is 4.99 Å². The molecule has 2 aromatic rings. The minimum Gasteiger partial charge on any atom is -0.494 e. The molecule has 0 atom stereocenters. The second-order valence-electron chi connectivity index (χ2n) is 5.16. The Morgan fingerprint density at radius 1 is 1.36 bits per heavy atom. The molecule has 1 aromatic carbocycles. The highest BCUT2D eigenvalue weighted by Gasteiger charge is 2.23. The first-order valence-corrected chi connectivity index (χ1v) is 7.49. The minimum absolute atomic E-state index is 0.0715. The van der Waals surface area contributed by atoms with Crippen LogP contribution in [0.5, 0.6) is 5.75 Å². The van der Waals surface area contributed by atoms with Gasteiger partial charge < -0.3 is 15.2 Å². The number of rotatable bonds is 4. The number of guanidine groups is 1. The van der Waals surface area contributed by atoms with Crippen LogP contribution in [0.4, 0.5) is 5.95 Å². The molecule has 9 heteroatoms. The molecule has 0 radical (unpaired) electrons. The maximum atomic E-state index is 11.6. The predicted molar refractivity (Wildman–Crippen MR) is 89.5 cm³/mol. The number of fused-ring (bicyclic) bond motifs is 1. The summed E-state index contributed by atoms with van der Waals surface area (Å²) in [6, 6.07) is 5.46. The van der Waals surface area contributed by atoms with Crippen LogP contribution in [-0.2, 0) is 9.59 Å². The summed E-state index contributed by atoms with van der Waals surface area (Å²) in [5.74, 6) is -0.869. The van der Waals surface area contributed by atoms with Gasteiger partial charge in [-0.25, -0.2) is 14.8 Å². The molecule has 1 amide bonds. The second kappa shape index (κ2) is 6.56. The summed E-state index contributed by atoms with van der Waals surface area (Å²) >= 11 is 0. The van der Waals surface area contributed by atoms with Gasteiger partial charge >= 0.3 is 5.97 Å². The van der Waals surface area contributed by atoms with Crippen molar-refractivity contribution in [2.24, 2.45) is 4.99 Å². The van der Waals surface area contributed by atoms with E-state index in [0.717, 1.165) is 17.2 Å². The first kappa shape index (κ1) is 16.4. The lowest BCUT2D eigenvalue weighted by Crippen LogP contribution is -2.24. The largest absolute Gasteiger partial charge is 0.494 e. The lowest BCUT2D eigenvalue weighted by Gasteiger charge is -2.07. The molecule has 1 aromatic heterocycles. The molecule has 1 fully saturated rings. The Hall–Kier alpha value is -3.49. The highest BCUT2D eigenvalue weighted by Crippen LogP contribution is 2.23. The fourth-order valence-electron chi connectivity index (χ4n) is 2.32. The van der Waals surface area contributed by atoms with Crippen LogP contribution in [0.15, 0.2) is 35.0 Å². The van der Waals surface area contributed by atoms with Crippen molar-refractivity contribution in [3.63, 3.8) is 0 Å². The number of carboxylic acid groups (broad SMARTS) is 1. The van der Waals surface area contributed by atoms with E-state index in [2.05, 4.69) is 25.6 Å². The second-order valence-corrected chi connectivity index (χ2v) is 5.16. The number of carbonyl (C=O) groups is 2. The third-order valence-electron chi connectivity index (χ3n) is 3.37. The predicted octanol–water partition coefficient (Wildman–Crippen LogP) is 1.01. The molecule has 0 spiro atoms. The number of amides is 1. The summed E-state index contributed by atoms with van der Waals surface area (Å²) in [4.78, 5) is 35.1. The Labute approximate surface area is 142 Å². The number of benzene rings is 1. The molecule has 1 aliphatic heterocycles. The van der Waals surface area contributed by atoms with Crippen molar-refractivity contribution < 1.29 is 19.4 Å². The number of hydrogen-bond acceptors (Lipinski definition) is 6. The van der Waals surface area contributed by atoms with Crippen molar-refractivity contribution in [3.05, 3.63) is 35.7 Å². The van der Waals surface area contributed by atoms with E-state index in [9.17, 15) is 9.59 Å². The molecular weight excluding hydrogens is 326 g/mol. The lowest BCUT2D eigenvalue weighted by molar-refractivity contribution is -0.131. The van der Waals surface area contributed by atoms with Crippen LogP contribution in [-0.4, -0.2) is 39.5 Å². The van der Waals surface area contributed by atoms with Gasteiger partial charge in [0.1, 0.15) is 11.4 Å². The lowest BCUT2D eigenvalue weighted by atomic mass is 10.2. The Kier molecular flexibility index (Phi) is 4.29. The number of carbonyl (C=O) groups excluding carboxylic acids is 1. The smallest absolute Gasteiger partial charge is 0.330 e. The highest BCUT2D eigenvalue weighted by atomic mass is 16.5. The summed E-state index contributed by atoms with van der Waals surface area (Å²) < 4.78 is 5.47. The maximum Gasteiger partial charge on any atom is 0.330 e. The van der Waals surface area contributed by atoms with E-state index in [-0.39, 0.29) is 17.6 Å². The average Bonchev–Trinajstić information content (AvgIpc) is 2.87. The van der Waals surface area contributed by atoms with Crippen LogP contribution in [0.3, 0.4) is 0 Å². The highest BCUT2D eigenvalue weighted by molar-refractivity contribution is 6.15. The third-order valence-corrected chi connectivity index (χ3v) is 3.37. The fourth-order valence-corrected chi connectivity index (χ4v) is 2.32. The zero-order chi connectivity index (χ0) is 18.0. The molecular formula is C16H15N5O4. The van der Waals surface area contributed by atoms with Gasteiger partial charge in [-0.05, 0) is 32.0 Å². The quantitative estimate of drug-likeness (QED) is 0.709. The zero-order valence-corrected chi connectivity index (χ0v) is 13.5. The van der Waals surface area contributed by atoms with Crippen molar-refractivity contribution in [1.29, 1.82) is 0 Å². The van der Waals surface area contributed by atoms with Gasteiger partial charge in [0.15, 0.2) is 0 Å². The molecule has 128 valence electrons. The normalized spacial score (nSPS) is 17.0. The Morgan fingerprint density at radius 2 is 2.16 bits per heavy atom. The number of aliphatic carboxylic acids is 1. The summed E-state index contributed by atoms with van der Waals surface area (Å²) in [5.41, 5.74) is 1.28. The molecule has 0 aliphatic carbocycles. The van der Waals surface area contributed by atoms with Gasteiger partial charge in [0.05, 0.1) is 23.9 Å². The van der Waals surface area contributed by atoms with E-state index in [0.29, 0.717) is 17.8 Å². The molecule has 1 aliphatic rings. The summed E-state index contributed by atoms with van der Waals surface area (Å²) in [6.07, 6.45) is 0.764. The van der Waals surface area contributed by atoms with Gasteiger partial charge in [0, 0.05) is 5.39 Å². The maximum absolute atomic E-state index is 11.6. The molecule has 25 heavy (non-hydrogen) atoms. The zero-order valence-electron chi connectivity index (χ0n) is 13.5. The van der Waals surface area contributed by atoms with Crippen molar-refractivity contribution in [2.45, 2.75) is 13.8 Å². The van der Waals surface area contributed by atoms with Crippen molar-refractivity contribution in [1.82, 2.24) is 20.6 Å². The summed E-state index contributed by atoms with van der Waals surface area (Å²) in [6.45, 7) is 4.29. The fraction of sp³-hybridized carbons (Fsp3) is 0.188. The number of nitrogens with zero attached hydrogens (tertiary/aromatic N) is 3. The van der Waals surface area contributed by atoms with E-state index in [1.165, 1.54) is 0 Å². The molecule has 2 heterocycles. The number of nitrogens with one attached hydrogen (secondary N) is 2. The van der Waals surface area contributed by atoms with E-state index >= 15 is 0 Å². The number of ether oxygens (including phenoxy) is 1. The van der Waals surface area contributed by atoms with E-state index in [1.807, 2.05) is 19.9 Å². The Balaban J connectivity index is 1.93. The first-order chi connectivity index (χ1) is 12.0. The van der Waals surface area contributed by atoms with Gasteiger partial charge in [-0.1, -0.05) is 0 Å². The molecule has 0 bridgehead atoms. The number of aromatic nitrogens is 2. The molecule has 0 unspecified atom stereocenters. The number of hydrogen-bond donors (Lipinski definition) is 3. The van der Waals surface area contributed by atoms with Crippen LogP contribution >= 0.6 is 0 Å². The van der Waals surface area contributed by atoms with Crippen molar-refractivity contribution in [3.8, 4) is 5.75 Å². The molecule has 9 nitrogen and oxygen atoms in total. The molecule has 3 N–H and O–H groups in total. The Bertz CT molecular complexity index is 936. The SMILES string of the molecule is CCOc1ccc2nc(N=C3NC(=O)/C(=C\C(=O)O)N3)nc(C)c2c1. The van der Waals surface area contributed by atoms with Gasteiger partial charge in [-0.15, -0.1) is 0 Å². The minimum atomic E-state index is -1.23. The van der Waals surface area contributed by atoms with E-state index in [4.69, 9.17) is 9.84 Å². The van der Waals surface area contributed by atoms with Crippen LogP contribution in [0.1, 0.15) is 12.6 Å². The topological polar surface area (TPSA) is 126 Å². The number of aryl methyl sites for hydroxylation is 1. The van der Waals surface area contributed by atoms with Gasteiger partial charge in [-0.3, -0.25) is 10.1 Å². The molecule has 3 rings (SSSR count). The Morgan fingerprint density at radius 3 is 2.88 bits per heavy atom. The standard InChI is InChI=1S/C16H15N5O4/c1-3-25-9-4-5-11-10(6-9)8(2)17-15(18-11)21-16-19-12(7-13(22)23)14(24)20-16/h4-7H,3H2,1-2H3,(H,22,23)(H2,17,18,19,20,21,24)/b12-7+. The van der Waals surface area contributed by atoms with Gasteiger partial charge in [0.25, 0.3) is 11.9 Å². The number of carboxylic acids is 1. The third kappa shape index (κ3) is 3.55. The summed E-state index contributed by atoms with van der Waals surface area (Å²) in [7, 11) is 0. The van der Waals surface area contributed by atoms with Crippen molar-refractivity contribution in [2.75, 3.05) is 6.61 Å². The van der Waals surface area contributed by atoms with Crippen LogP contribution in [0.25, 0.3) is 10.9 Å². The van der Waals surface area contributed by atoms with Crippen LogP contribution in [0.2, 0.25) is 0 Å². The average molecular weight is 341 g/mol. The van der Waals surface area contributed by atoms with E-state index < -0.39 is 11.9 Å². The van der Waals surface area contributed by atoms with E-state index in [1.54, 1.807) is 12.1 Å². The molecule has 1 saturated heterocycles. The first-order valence-electron chi connectivity index (χ1n) is 7.49. The molecule has 0 saturated carbocycles.